The summed E-state index contributed by atoms with van der Waals surface area (Å²) in [7, 11) is 0. The first kappa shape index (κ1) is 17.0. The lowest BCUT2D eigenvalue weighted by Gasteiger charge is -2.33. The number of hydrogen-bond donors (Lipinski definition) is 0. The average molecular weight is 341 g/mol. The number of allylic oxidation sites excluding steroid dienone is 1. The van der Waals surface area contributed by atoms with Crippen molar-refractivity contribution in [3.63, 3.8) is 0 Å². The first-order valence-electron chi connectivity index (χ1n) is 7.93. The topological polar surface area (TPSA) is 78.1 Å². The van der Waals surface area contributed by atoms with Gasteiger partial charge in [0.05, 0.1) is 0 Å². The quantitative estimate of drug-likeness (QED) is 0.362. The highest BCUT2D eigenvalue weighted by Crippen LogP contribution is 2.34. The van der Waals surface area contributed by atoms with Gasteiger partial charge < -0.3 is 14.0 Å². The maximum absolute atomic E-state index is 11.7. The van der Waals surface area contributed by atoms with E-state index in [2.05, 4.69) is 5.16 Å². The first-order chi connectivity index (χ1) is 11.7. The molecular formula is C19H19NO5. The van der Waals surface area contributed by atoms with E-state index in [9.17, 15) is 9.59 Å². The Bertz CT molecular complexity index is 961. The average Bonchev–Trinajstić information content (AvgIpc) is 2.49. The predicted molar refractivity (Wildman–Crippen MR) is 93.9 cm³/mol. The lowest BCUT2D eigenvalue weighted by molar-refractivity contribution is -0.137. The molecule has 0 amide bonds. The molecule has 0 radical (unpaired) electrons. The summed E-state index contributed by atoms with van der Waals surface area (Å²) in [5.41, 5.74) is 1.64. The van der Waals surface area contributed by atoms with Crippen molar-refractivity contribution in [1.82, 2.24) is 0 Å². The molecule has 0 saturated carbocycles. The smallest absolute Gasteiger partial charge is 0.358 e. The number of nitrogens with zero attached hydrogens (tertiary/aromatic N) is 1. The van der Waals surface area contributed by atoms with Gasteiger partial charge in [-0.3, -0.25) is 0 Å². The Morgan fingerprint density at radius 2 is 2.04 bits per heavy atom. The van der Waals surface area contributed by atoms with Gasteiger partial charge in [-0.05, 0) is 39.8 Å². The first-order valence-corrected chi connectivity index (χ1v) is 7.93. The van der Waals surface area contributed by atoms with Crippen molar-refractivity contribution in [2.24, 2.45) is 5.16 Å². The van der Waals surface area contributed by atoms with Crippen molar-refractivity contribution in [2.75, 3.05) is 0 Å². The van der Waals surface area contributed by atoms with Crippen molar-refractivity contribution in [3.8, 4) is 5.75 Å². The fourth-order valence-corrected chi connectivity index (χ4v) is 2.61. The minimum absolute atomic E-state index is 0.407. The Morgan fingerprint density at radius 3 is 2.76 bits per heavy atom. The molecule has 6 nitrogen and oxygen atoms in total. The second kappa shape index (κ2) is 6.20. The Morgan fingerprint density at radius 1 is 1.28 bits per heavy atom. The van der Waals surface area contributed by atoms with Crippen LogP contribution in [0.4, 0.5) is 0 Å². The molecule has 1 aliphatic heterocycles. The van der Waals surface area contributed by atoms with Gasteiger partial charge in [-0.15, -0.1) is 0 Å². The van der Waals surface area contributed by atoms with Crippen LogP contribution in [0.3, 0.4) is 0 Å². The van der Waals surface area contributed by atoms with Crippen LogP contribution in [0.2, 0.25) is 0 Å². The van der Waals surface area contributed by atoms with Gasteiger partial charge in [0.15, 0.2) is 0 Å². The third kappa shape index (κ3) is 3.63. The van der Waals surface area contributed by atoms with Gasteiger partial charge in [0, 0.05) is 35.6 Å². The zero-order chi connectivity index (χ0) is 18.2. The minimum Gasteiger partial charge on any atom is -0.481 e. The van der Waals surface area contributed by atoms with Crippen LogP contribution in [0.1, 0.15) is 33.3 Å². The number of carbonyl (C=O) groups is 1. The number of oxime groups is 1. The summed E-state index contributed by atoms with van der Waals surface area (Å²) in [4.78, 5) is 28.0. The molecule has 0 aliphatic carbocycles. The van der Waals surface area contributed by atoms with E-state index in [0.717, 1.165) is 16.5 Å². The number of benzene rings is 1. The molecule has 3 rings (SSSR count). The molecule has 0 fully saturated rings. The molecule has 0 bridgehead atoms. The molecule has 1 aromatic heterocycles. The van der Waals surface area contributed by atoms with Crippen LogP contribution in [0.25, 0.3) is 11.0 Å². The summed E-state index contributed by atoms with van der Waals surface area (Å²) < 4.78 is 11.2. The van der Waals surface area contributed by atoms with Crippen molar-refractivity contribution in [1.29, 1.82) is 0 Å². The molecule has 0 atom stereocenters. The van der Waals surface area contributed by atoms with E-state index in [1.165, 1.54) is 12.1 Å². The molecule has 130 valence electrons. The van der Waals surface area contributed by atoms with E-state index in [-0.39, 0.29) is 0 Å². The van der Waals surface area contributed by atoms with Crippen LogP contribution in [0.15, 0.2) is 50.3 Å². The van der Waals surface area contributed by atoms with Crippen LogP contribution in [0.5, 0.6) is 5.75 Å². The van der Waals surface area contributed by atoms with Crippen LogP contribution < -0.4 is 10.4 Å². The minimum atomic E-state index is -0.749. The van der Waals surface area contributed by atoms with Crippen molar-refractivity contribution >= 4 is 22.7 Å². The largest absolute Gasteiger partial charge is 0.481 e. The van der Waals surface area contributed by atoms with E-state index in [1.807, 2.05) is 33.8 Å². The summed E-state index contributed by atoms with van der Waals surface area (Å²) in [6.45, 7) is 7.30. The Kier molecular flexibility index (Phi) is 4.20. The number of ether oxygens (including phenoxy) is 1. The maximum Gasteiger partial charge on any atom is 0.358 e. The molecule has 2 aromatic rings. The lowest BCUT2D eigenvalue weighted by atomic mass is 9.91. The van der Waals surface area contributed by atoms with Gasteiger partial charge >= 0.3 is 11.6 Å². The predicted octanol–water partition coefficient (Wildman–Crippen LogP) is 3.37. The Labute approximate surface area is 144 Å². The highest BCUT2D eigenvalue weighted by molar-refractivity contribution is 5.97. The molecule has 1 aliphatic rings. The third-order valence-electron chi connectivity index (χ3n) is 3.87. The second-order valence-electron chi connectivity index (χ2n) is 6.71. The van der Waals surface area contributed by atoms with Crippen LogP contribution in [0, 0.1) is 0 Å². The summed E-state index contributed by atoms with van der Waals surface area (Å²) in [6.07, 6.45) is 1.85. The molecule has 0 spiro atoms. The van der Waals surface area contributed by atoms with E-state index < -0.39 is 17.2 Å². The number of rotatable bonds is 2. The molecule has 25 heavy (non-hydrogen) atoms. The summed E-state index contributed by atoms with van der Waals surface area (Å²) >= 11 is 0. The fraction of sp³-hybridized carbons (Fsp3) is 0.316. The zero-order valence-electron chi connectivity index (χ0n) is 14.6. The SMILES string of the molecule is CC(C)=CC(=O)ON=C1Cc2cc3ccc(=O)oc3cc2OC1(C)C. The van der Waals surface area contributed by atoms with Crippen molar-refractivity contribution < 1.29 is 18.8 Å². The normalized spacial score (nSPS) is 16.9. The Balaban J connectivity index is 1.95. The monoisotopic (exact) mass is 341 g/mol. The van der Waals surface area contributed by atoms with Gasteiger partial charge in [0.1, 0.15) is 22.6 Å². The van der Waals surface area contributed by atoms with Gasteiger partial charge in [-0.1, -0.05) is 10.7 Å². The molecule has 0 unspecified atom stereocenters. The molecule has 0 saturated heterocycles. The van der Waals surface area contributed by atoms with Crippen LogP contribution in [-0.2, 0) is 16.1 Å². The summed E-state index contributed by atoms with van der Waals surface area (Å²) in [5.74, 6) is 0.107. The highest BCUT2D eigenvalue weighted by Gasteiger charge is 2.34. The second-order valence-corrected chi connectivity index (χ2v) is 6.71. The highest BCUT2D eigenvalue weighted by atomic mass is 16.7. The molecule has 2 heterocycles. The van der Waals surface area contributed by atoms with Gasteiger partial charge in [0.2, 0.25) is 0 Å². The van der Waals surface area contributed by atoms with E-state index in [1.54, 1.807) is 12.1 Å². The van der Waals surface area contributed by atoms with Crippen molar-refractivity contribution in [3.05, 3.63) is 51.9 Å². The number of hydrogen-bond acceptors (Lipinski definition) is 6. The van der Waals surface area contributed by atoms with E-state index in [0.29, 0.717) is 23.5 Å². The number of carbonyl (C=O) groups excluding carboxylic acids is 1. The van der Waals surface area contributed by atoms with Crippen molar-refractivity contribution in [2.45, 2.75) is 39.7 Å². The van der Waals surface area contributed by atoms with Gasteiger partial charge in [0.25, 0.3) is 0 Å². The summed E-state index contributed by atoms with van der Waals surface area (Å²) in [5, 5.41) is 4.80. The maximum atomic E-state index is 11.7. The molecule has 6 heteroatoms. The molecule has 0 N–H and O–H groups in total. The van der Waals surface area contributed by atoms with Crippen LogP contribution >= 0.6 is 0 Å². The molecule has 1 aromatic carbocycles. The standard InChI is InChI=1S/C19H19NO5/c1-11(2)7-18(22)25-20-16-9-13-8-12-5-6-17(21)23-14(12)10-15(13)24-19(16,3)4/h5-8,10H,9H2,1-4H3. The van der Waals surface area contributed by atoms with Crippen LogP contribution in [-0.4, -0.2) is 17.3 Å². The van der Waals surface area contributed by atoms with Gasteiger partial charge in [-0.2, -0.15) is 0 Å². The summed E-state index contributed by atoms with van der Waals surface area (Å²) in [6, 6.07) is 6.67. The Hall–Kier alpha value is -2.89. The fourth-order valence-electron chi connectivity index (χ4n) is 2.61. The number of fused-ring (bicyclic) bond motifs is 2. The van der Waals surface area contributed by atoms with E-state index in [4.69, 9.17) is 14.0 Å². The lowest BCUT2D eigenvalue weighted by Crippen LogP contribution is -2.43. The van der Waals surface area contributed by atoms with E-state index >= 15 is 0 Å². The third-order valence-corrected chi connectivity index (χ3v) is 3.87. The van der Waals surface area contributed by atoms with Gasteiger partial charge in [-0.25, -0.2) is 9.59 Å². The molecular weight excluding hydrogens is 322 g/mol. The zero-order valence-corrected chi connectivity index (χ0v) is 14.6.